The molecule has 0 bridgehead atoms. The van der Waals surface area contributed by atoms with Crippen LogP contribution in [0, 0.1) is 5.82 Å². The van der Waals surface area contributed by atoms with Gasteiger partial charge in [-0.15, -0.1) is 0 Å². The van der Waals surface area contributed by atoms with Crippen molar-refractivity contribution < 1.29 is 23.5 Å². The number of rotatable bonds is 8. The van der Waals surface area contributed by atoms with Crippen molar-refractivity contribution in [3.05, 3.63) is 65.5 Å². The molecule has 2 aromatic rings. The summed E-state index contributed by atoms with van der Waals surface area (Å²) < 4.78 is 18.0. The molecule has 0 radical (unpaired) electrons. The number of carbonyl (C=O) groups is 3. The number of benzene rings is 2. The van der Waals surface area contributed by atoms with Crippen LogP contribution in [0.15, 0.2) is 48.5 Å². The van der Waals surface area contributed by atoms with Crippen LogP contribution in [0.4, 0.5) is 14.9 Å². The second-order valence-corrected chi connectivity index (χ2v) is 8.01. The predicted molar refractivity (Wildman–Crippen MR) is 116 cm³/mol. The van der Waals surface area contributed by atoms with Crippen LogP contribution in [0.2, 0.25) is 0 Å². The molecule has 0 spiro atoms. The van der Waals surface area contributed by atoms with Crippen LogP contribution in [0.3, 0.4) is 0 Å². The smallest absolute Gasteiger partial charge is 0.407 e. The van der Waals surface area contributed by atoms with Crippen LogP contribution < -0.4 is 16.0 Å². The molecule has 0 saturated carbocycles. The van der Waals surface area contributed by atoms with E-state index in [1.807, 2.05) is 6.07 Å². The number of hydrogen-bond acceptors (Lipinski definition) is 4. The zero-order valence-corrected chi connectivity index (χ0v) is 18.0. The minimum atomic E-state index is -0.596. The van der Waals surface area contributed by atoms with Crippen molar-refractivity contribution in [2.24, 2.45) is 0 Å². The van der Waals surface area contributed by atoms with Crippen molar-refractivity contribution in [3.63, 3.8) is 0 Å². The maximum Gasteiger partial charge on any atom is 0.407 e. The summed E-state index contributed by atoms with van der Waals surface area (Å²) in [6.45, 7) is 5.73. The molecule has 3 N–H and O–H groups in total. The molecule has 166 valence electrons. The van der Waals surface area contributed by atoms with Crippen molar-refractivity contribution in [2.75, 3.05) is 11.9 Å². The molecule has 7 nitrogen and oxygen atoms in total. The van der Waals surface area contributed by atoms with Gasteiger partial charge in [-0.05, 0) is 56.2 Å². The highest BCUT2D eigenvalue weighted by Gasteiger charge is 2.16. The first-order valence-electron chi connectivity index (χ1n) is 9.97. The Morgan fingerprint density at radius 3 is 2.32 bits per heavy atom. The summed E-state index contributed by atoms with van der Waals surface area (Å²) in [5, 5.41) is 8.09. The minimum Gasteiger partial charge on any atom is -0.444 e. The van der Waals surface area contributed by atoms with Gasteiger partial charge in [0.2, 0.25) is 11.8 Å². The van der Waals surface area contributed by atoms with Crippen molar-refractivity contribution in [3.8, 4) is 0 Å². The highest BCUT2D eigenvalue weighted by atomic mass is 19.1. The average Bonchev–Trinajstić information content (AvgIpc) is 2.67. The van der Waals surface area contributed by atoms with Crippen molar-refractivity contribution in [1.82, 2.24) is 10.6 Å². The molecule has 0 atom stereocenters. The van der Waals surface area contributed by atoms with Crippen LogP contribution in [0.1, 0.15) is 38.3 Å². The first-order valence-corrected chi connectivity index (χ1v) is 9.97. The molecule has 3 amide bonds. The van der Waals surface area contributed by atoms with Crippen LogP contribution >= 0.6 is 0 Å². The fourth-order valence-corrected chi connectivity index (χ4v) is 2.63. The van der Waals surface area contributed by atoms with E-state index in [4.69, 9.17) is 4.74 Å². The molecule has 0 unspecified atom stereocenters. The lowest BCUT2D eigenvalue weighted by Gasteiger charge is -2.19. The Kier molecular flexibility index (Phi) is 8.54. The number of carbonyl (C=O) groups excluding carboxylic acids is 3. The first-order chi connectivity index (χ1) is 14.6. The van der Waals surface area contributed by atoms with Crippen LogP contribution in [0.25, 0.3) is 0 Å². The van der Waals surface area contributed by atoms with Gasteiger partial charge < -0.3 is 20.7 Å². The maximum absolute atomic E-state index is 12.9. The van der Waals surface area contributed by atoms with Gasteiger partial charge in [0.05, 0.1) is 6.42 Å². The third-order valence-corrected chi connectivity index (χ3v) is 4.00. The number of amides is 3. The van der Waals surface area contributed by atoms with Gasteiger partial charge in [-0.3, -0.25) is 9.59 Å². The largest absolute Gasteiger partial charge is 0.444 e. The highest BCUT2D eigenvalue weighted by molar-refractivity contribution is 5.91. The molecular formula is C23H28FN3O4. The second-order valence-electron chi connectivity index (χ2n) is 8.01. The first kappa shape index (κ1) is 23.9. The number of hydrogen-bond donors (Lipinski definition) is 3. The Labute approximate surface area is 181 Å². The number of halogens is 1. The molecule has 0 fully saturated rings. The van der Waals surface area contributed by atoms with Crippen LogP contribution in [-0.4, -0.2) is 30.1 Å². The summed E-state index contributed by atoms with van der Waals surface area (Å²) in [4.78, 5) is 35.7. The minimum absolute atomic E-state index is 0.0951. The van der Waals surface area contributed by atoms with Gasteiger partial charge in [0.25, 0.3) is 0 Å². The topological polar surface area (TPSA) is 96.5 Å². The summed E-state index contributed by atoms with van der Waals surface area (Å²) >= 11 is 0. The third kappa shape index (κ3) is 9.75. The van der Waals surface area contributed by atoms with E-state index >= 15 is 0 Å². The molecule has 2 rings (SSSR count). The molecule has 2 aromatic carbocycles. The molecule has 0 aromatic heterocycles. The van der Waals surface area contributed by atoms with Gasteiger partial charge in [0.15, 0.2) is 0 Å². The van der Waals surface area contributed by atoms with Crippen molar-refractivity contribution in [2.45, 2.75) is 45.8 Å². The molecule has 0 aliphatic carbocycles. The zero-order chi connectivity index (χ0) is 22.9. The van der Waals surface area contributed by atoms with Gasteiger partial charge in [-0.2, -0.15) is 0 Å². The van der Waals surface area contributed by atoms with Gasteiger partial charge in [0.1, 0.15) is 11.4 Å². The SMILES string of the molecule is CC(C)(C)OC(=O)NCCC(=O)Nc1cccc(CNC(=O)Cc2ccc(F)cc2)c1. The summed E-state index contributed by atoms with van der Waals surface area (Å²) in [5.41, 5.74) is 1.53. The lowest BCUT2D eigenvalue weighted by Crippen LogP contribution is -2.34. The predicted octanol–water partition coefficient (Wildman–Crippen LogP) is 3.54. The molecule has 31 heavy (non-hydrogen) atoms. The molecule has 0 aliphatic heterocycles. The van der Waals surface area contributed by atoms with E-state index in [-0.39, 0.29) is 37.0 Å². The van der Waals surface area contributed by atoms with Gasteiger partial charge in [0, 0.05) is 25.2 Å². The second kappa shape index (κ2) is 11.1. The monoisotopic (exact) mass is 429 g/mol. The number of anilines is 1. The molecule has 0 saturated heterocycles. The Bertz CT molecular complexity index is 908. The number of alkyl carbamates (subject to hydrolysis) is 1. The number of nitrogens with one attached hydrogen (secondary N) is 3. The van der Waals surface area contributed by atoms with Crippen LogP contribution in [-0.2, 0) is 27.3 Å². The normalized spacial score (nSPS) is 10.8. The third-order valence-electron chi connectivity index (χ3n) is 4.00. The maximum atomic E-state index is 12.9. The Morgan fingerprint density at radius 2 is 1.65 bits per heavy atom. The summed E-state index contributed by atoms with van der Waals surface area (Å²) in [7, 11) is 0. The van der Waals surface area contributed by atoms with Gasteiger partial charge in [-0.1, -0.05) is 24.3 Å². The highest BCUT2D eigenvalue weighted by Crippen LogP contribution is 2.11. The quantitative estimate of drug-likeness (QED) is 0.598. The van der Waals surface area contributed by atoms with Crippen molar-refractivity contribution >= 4 is 23.6 Å². The fraction of sp³-hybridized carbons (Fsp3) is 0.348. The lowest BCUT2D eigenvalue weighted by atomic mass is 10.1. The van der Waals surface area contributed by atoms with E-state index in [9.17, 15) is 18.8 Å². The summed E-state index contributed by atoms with van der Waals surface area (Å²) in [6, 6.07) is 12.9. The van der Waals surface area contributed by atoms with E-state index in [1.165, 1.54) is 12.1 Å². The zero-order valence-electron chi connectivity index (χ0n) is 18.0. The van der Waals surface area contributed by atoms with Crippen molar-refractivity contribution in [1.29, 1.82) is 0 Å². The van der Waals surface area contributed by atoms with E-state index in [0.29, 0.717) is 12.2 Å². The Balaban J connectivity index is 1.75. The standard InChI is InChI=1S/C23H28FN3O4/c1-23(2,3)31-22(30)25-12-11-20(28)27-19-6-4-5-17(13-19)15-26-21(29)14-16-7-9-18(24)10-8-16/h4-10,13H,11-12,14-15H2,1-3H3,(H,25,30)(H,26,29)(H,27,28). The Morgan fingerprint density at radius 1 is 0.935 bits per heavy atom. The molecule has 0 heterocycles. The fourth-order valence-electron chi connectivity index (χ4n) is 2.63. The lowest BCUT2D eigenvalue weighted by molar-refractivity contribution is -0.120. The van der Waals surface area contributed by atoms with Gasteiger partial charge in [-0.25, -0.2) is 9.18 Å². The van der Waals surface area contributed by atoms with E-state index < -0.39 is 11.7 Å². The number of ether oxygens (including phenoxy) is 1. The molecule has 8 heteroatoms. The van der Waals surface area contributed by atoms with E-state index in [0.717, 1.165) is 11.1 Å². The summed E-state index contributed by atoms with van der Waals surface area (Å²) in [5.74, 6) is -0.786. The average molecular weight is 429 g/mol. The Hall–Kier alpha value is -3.42. The van der Waals surface area contributed by atoms with Gasteiger partial charge >= 0.3 is 6.09 Å². The molecule has 0 aliphatic rings. The summed E-state index contributed by atoms with van der Waals surface area (Å²) in [6.07, 6.45) is -0.321. The van der Waals surface area contributed by atoms with E-state index in [1.54, 1.807) is 51.1 Å². The molecular weight excluding hydrogens is 401 g/mol. The van der Waals surface area contributed by atoms with Crippen LogP contribution in [0.5, 0.6) is 0 Å². The van der Waals surface area contributed by atoms with E-state index in [2.05, 4.69) is 16.0 Å².